The van der Waals surface area contributed by atoms with Crippen molar-refractivity contribution in [3.05, 3.63) is 0 Å². The van der Waals surface area contributed by atoms with Gasteiger partial charge in [-0.05, 0) is 31.6 Å². The Balaban J connectivity index is 1.82. The van der Waals surface area contributed by atoms with Gasteiger partial charge >= 0.3 is 0 Å². The van der Waals surface area contributed by atoms with E-state index >= 15 is 0 Å². The molecule has 1 saturated carbocycles. The molecule has 0 aromatic carbocycles. The Hall–Kier alpha value is -0.770. The summed E-state index contributed by atoms with van der Waals surface area (Å²) in [5.41, 5.74) is 5.63. The number of nitrogens with zero attached hydrogens (tertiary/aromatic N) is 1. The van der Waals surface area contributed by atoms with E-state index in [9.17, 15) is 0 Å². The largest absolute Gasteiger partial charge is 0.381 e. The van der Waals surface area contributed by atoms with E-state index in [0.717, 1.165) is 45.1 Å². The third-order valence-corrected chi connectivity index (χ3v) is 2.33. The van der Waals surface area contributed by atoms with Crippen molar-refractivity contribution in [1.82, 2.24) is 5.32 Å². The molecule has 0 aliphatic heterocycles. The molecule has 1 fully saturated rings. The van der Waals surface area contributed by atoms with Crippen LogP contribution in [0.4, 0.5) is 0 Å². The second kappa shape index (κ2) is 7.51. The van der Waals surface area contributed by atoms with Crippen LogP contribution in [0.3, 0.4) is 0 Å². The number of hydrogen-bond donors (Lipinski definition) is 2. The summed E-state index contributed by atoms with van der Waals surface area (Å²) < 4.78 is 5.50. The molecular weight excluding hydrogens is 190 g/mol. The van der Waals surface area contributed by atoms with Crippen LogP contribution in [0.1, 0.15) is 32.6 Å². The van der Waals surface area contributed by atoms with Crippen LogP contribution in [0, 0.1) is 5.92 Å². The zero-order valence-electron chi connectivity index (χ0n) is 9.67. The number of guanidine groups is 1. The maximum atomic E-state index is 5.63. The highest BCUT2D eigenvalue weighted by Gasteiger charge is 2.20. The summed E-state index contributed by atoms with van der Waals surface area (Å²) in [6.07, 6.45) is 4.74. The predicted octanol–water partition coefficient (Wildman–Crippen LogP) is 1.12. The van der Waals surface area contributed by atoms with E-state index < -0.39 is 0 Å². The van der Waals surface area contributed by atoms with Crippen molar-refractivity contribution in [1.29, 1.82) is 0 Å². The van der Waals surface area contributed by atoms with Gasteiger partial charge in [0.25, 0.3) is 0 Å². The fourth-order valence-electron chi connectivity index (χ4n) is 1.21. The minimum Gasteiger partial charge on any atom is -0.381 e. The SMILES string of the molecule is CCCN=C(N)NCCCOCC1CC1. The molecule has 0 saturated heterocycles. The van der Waals surface area contributed by atoms with E-state index in [1.807, 2.05) is 0 Å². The molecule has 1 aliphatic carbocycles. The number of ether oxygens (including phenoxy) is 1. The van der Waals surface area contributed by atoms with Crippen molar-refractivity contribution in [2.75, 3.05) is 26.3 Å². The first-order valence-corrected chi connectivity index (χ1v) is 5.94. The number of aliphatic imine (C=N–C) groups is 1. The molecule has 0 radical (unpaired) electrons. The summed E-state index contributed by atoms with van der Waals surface area (Å²) in [6, 6.07) is 0. The molecule has 0 unspecified atom stereocenters. The van der Waals surface area contributed by atoms with Gasteiger partial charge in [0, 0.05) is 26.3 Å². The molecule has 4 nitrogen and oxygen atoms in total. The number of hydrogen-bond acceptors (Lipinski definition) is 2. The van der Waals surface area contributed by atoms with Crippen LogP contribution in [0.2, 0.25) is 0 Å². The molecular formula is C11H23N3O. The third-order valence-electron chi connectivity index (χ3n) is 2.33. The van der Waals surface area contributed by atoms with Crippen molar-refractivity contribution in [3.8, 4) is 0 Å². The van der Waals surface area contributed by atoms with E-state index in [-0.39, 0.29) is 0 Å². The molecule has 88 valence electrons. The lowest BCUT2D eigenvalue weighted by Gasteiger charge is -2.05. The Kier molecular flexibility index (Phi) is 6.16. The molecule has 0 atom stereocenters. The van der Waals surface area contributed by atoms with Gasteiger partial charge in [-0.15, -0.1) is 0 Å². The second-order valence-electron chi connectivity index (χ2n) is 4.07. The van der Waals surface area contributed by atoms with Gasteiger partial charge in [0.05, 0.1) is 0 Å². The van der Waals surface area contributed by atoms with Crippen LogP contribution in [-0.2, 0) is 4.74 Å². The summed E-state index contributed by atoms with van der Waals surface area (Å²) in [7, 11) is 0. The van der Waals surface area contributed by atoms with Gasteiger partial charge in [0.15, 0.2) is 5.96 Å². The van der Waals surface area contributed by atoms with E-state index in [1.165, 1.54) is 12.8 Å². The summed E-state index contributed by atoms with van der Waals surface area (Å²) in [6.45, 7) is 5.51. The highest BCUT2D eigenvalue weighted by molar-refractivity contribution is 5.77. The van der Waals surface area contributed by atoms with Crippen molar-refractivity contribution in [2.24, 2.45) is 16.6 Å². The standard InChI is InChI=1S/C11H23N3O/c1-2-6-13-11(12)14-7-3-8-15-9-10-4-5-10/h10H,2-9H2,1H3,(H3,12,13,14). The topological polar surface area (TPSA) is 59.6 Å². The Morgan fingerprint density at radius 3 is 3.00 bits per heavy atom. The van der Waals surface area contributed by atoms with Crippen LogP contribution in [-0.4, -0.2) is 32.3 Å². The normalized spacial score (nSPS) is 16.7. The average Bonchev–Trinajstić information content (AvgIpc) is 3.04. The quantitative estimate of drug-likeness (QED) is 0.361. The van der Waals surface area contributed by atoms with Crippen LogP contribution in [0.15, 0.2) is 4.99 Å². The van der Waals surface area contributed by atoms with Gasteiger partial charge in [0.1, 0.15) is 0 Å². The molecule has 0 amide bonds. The molecule has 3 N–H and O–H groups in total. The highest BCUT2D eigenvalue weighted by atomic mass is 16.5. The molecule has 0 aromatic rings. The number of nitrogens with two attached hydrogens (primary N) is 1. The smallest absolute Gasteiger partial charge is 0.188 e. The van der Waals surface area contributed by atoms with Crippen LogP contribution >= 0.6 is 0 Å². The lowest BCUT2D eigenvalue weighted by molar-refractivity contribution is 0.123. The third kappa shape index (κ3) is 7.19. The second-order valence-corrected chi connectivity index (χ2v) is 4.07. The van der Waals surface area contributed by atoms with E-state index in [0.29, 0.717) is 5.96 Å². The fourth-order valence-corrected chi connectivity index (χ4v) is 1.21. The molecule has 0 spiro atoms. The van der Waals surface area contributed by atoms with Crippen molar-refractivity contribution in [2.45, 2.75) is 32.6 Å². The van der Waals surface area contributed by atoms with Gasteiger partial charge in [-0.1, -0.05) is 6.92 Å². The monoisotopic (exact) mass is 213 g/mol. The van der Waals surface area contributed by atoms with Gasteiger partial charge in [-0.25, -0.2) is 0 Å². The van der Waals surface area contributed by atoms with Crippen molar-refractivity contribution >= 4 is 5.96 Å². The molecule has 15 heavy (non-hydrogen) atoms. The number of rotatable bonds is 8. The first-order chi connectivity index (χ1) is 7.33. The van der Waals surface area contributed by atoms with E-state index in [4.69, 9.17) is 10.5 Å². The zero-order chi connectivity index (χ0) is 10.9. The molecule has 0 heterocycles. The Labute approximate surface area is 92.3 Å². The molecule has 1 aliphatic rings. The number of nitrogens with one attached hydrogen (secondary N) is 1. The Morgan fingerprint density at radius 1 is 1.53 bits per heavy atom. The van der Waals surface area contributed by atoms with Gasteiger partial charge in [0.2, 0.25) is 0 Å². The van der Waals surface area contributed by atoms with Crippen molar-refractivity contribution < 1.29 is 4.74 Å². The highest BCUT2D eigenvalue weighted by Crippen LogP contribution is 2.28. The summed E-state index contributed by atoms with van der Waals surface area (Å²) >= 11 is 0. The lowest BCUT2D eigenvalue weighted by atomic mass is 10.4. The minimum atomic E-state index is 0.555. The van der Waals surface area contributed by atoms with E-state index in [2.05, 4.69) is 17.2 Å². The first kappa shape index (κ1) is 12.3. The summed E-state index contributed by atoms with van der Waals surface area (Å²) in [5, 5.41) is 3.07. The van der Waals surface area contributed by atoms with Gasteiger partial charge in [-0.2, -0.15) is 0 Å². The minimum absolute atomic E-state index is 0.555. The van der Waals surface area contributed by atoms with E-state index in [1.54, 1.807) is 0 Å². The van der Waals surface area contributed by atoms with Crippen LogP contribution in [0.5, 0.6) is 0 Å². The maximum absolute atomic E-state index is 5.63. The zero-order valence-corrected chi connectivity index (χ0v) is 9.67. The summed E-state index contributed by atoms with van der Waals surface area (Å²) in [4.78, 5) is 4.14. The maximum Gasteiger partial charge on any atom is 0.188 e. The van der Waals surface area contributed by atoms with Crippen LogP contribution < -0.4 is 11.1 Å². The van der Waals surface area contributed by atoms with Gasteiger partial charge < -0.3 is 15.8 Å². The first-order valence-electron chi connectivity index (χ1n) is 5.94. The predicted molar refractivity (Wildman–Crippen MR) is 62.9 cm³/mol. The van der Waals surface area contributed by atoms with Gasteiger partial charge in [-0.3, -0.25) is 4.99 Å². The molecule has 0 aromatic heterocycles. The average molecular weight is 213 g/mol. The molecule has 4 heteroatoms. The molecule has 1 rings (SSSR count). The van der Waals surface area contributed by atoms with Crippen molar-refractivity contribution in [3.63, 3.8) is 0 Å². The molecule has 0 bridgehead atoms. The Morgan fingerprint density at radius 2 is 2.33 bits per heavy atom. The Bertz CT molecular complexity index is 190. The lowest BCUT2D eigenvalue weighted by Crippen LogP contribution is -2.33. The van der Waals surface area contributed by atoms with Crippen LogP contribution in [0.25, 0.3) is 0 Å². The summed E-state index contributed by atoms with van der Waals surface area (Å²) in [5.74, 6) is 1.41. The fraction of sp³-hybridized carbons (Fsp3) is 0.909.